The van der Waals surface area contributed by atoms with Crippen LogP contribution >= 0.6 is 0 Å². The molecule has 8 N–H and O–H groups in total. The second-order valence-electron chi connectivity index (χ2n) is 6.18. The van der Waals surface area contributed by atoms with Crippen LogP contribution in [0.1, 0.15) is 19.3 Å². The summed E-state index contributed by atoms with van der Waals surface area (Å²) in [6.07, 6.45) is 0.0176. The predicted molar refractivity (Wildman–Crippen MR) is 82.0 cm³/mol. The topological polar surface area (TPSA) is 138 Å². The lowest BCUT2D eigenvalue weighted by Crippen LogP contribution is -2.65. The first-order valence-electron chi connectivity index (χ1n) is 7.92. The molecule has 1 saturated carbocycles. The highest BCUT2D eigenvalue weighted by molar-refractivity contribution is 5.00. The Morgan fingerprint density at radius 3 is 2.59 bits per heavy atom. The van der Waals surface area contributed by atoms with E-state index in [0.29, 0.717) is 13.0 Å². The van der Waals surface area contributed by atoms with Gasteiger partial charge in [0.25, 0.3) is 0 Å². The summed E-state index contributed by atoms with van der Waals surface area (Å²) in [6, 6.07) is -0.839. The highest BCUT2D eigenvalue weighted by Crippen LogP contribution is 2.27. The SMILES string of the molecule is CN[C@@H]1[C@@H](O)[C@H](O[C@H]2O[C@H](CN)CC[C@H]2N)[C@@H](N)C[C@H]1OC. The zero-order valence-electron chi connectivity index (χ0n) is 13.4. The molecule has 0 amide bonds. The Morgan fingerprint density at radius 2 is 2.00 bits per heavy atom. The van der Waals surface area contributed by atoms with E-state index in [1.54, 1.807) is 14.2 Å². The quantitative estimate of drug-likeness (QED) is 0.387. The number of aliphatic hydroxyl groups is 1. The highest BCUT2D eigenvalue weighted by atomic mass is 16.7. The molecule has 2 aliphatic rings. The molecule has 8 nitrogen and oxygen atoms in total. The van der Waals surface area contributed by atoms with Gasteiger partial charge in [-0.3, -0.25) is 0 Å². The molecular formula is C14H30N4O4. The Morgan fingerprint density at radius 1 is 1.27 bits per heavy atom. The van der Waals surface area contributed by atoms with E-state index in [-0.39, 0.29) is 30.3 Å². The first-order valence-corrected chi connectivity index (χ1v) is 7.92. The molecular weight excluding hydrogens is 288 g/mol. The summed E-state index contributed by atoms with van der Waals surface area (Å²) < 4.78 is 17.1. The normalized spacial score (nSPS) is 46.6. The third-order valence-corrected chi connectivity index (χ3v) is 4.72. The number of aliphatic hydroxyl groups excluding tert-OH is 1. The number of nitrogens with two attached hydrogens (primary N) is 3. The third-order valence-electron chi connectivity index (χ3n) is 4.72. The van der Waals surface area contributed by atoms with E-state index in [1.807, 2.05) is 0 Å². The van der Waals surface area contributed by atoms with Crippen LogP contribution in [0.15, 0.2) is 0 Å². The fourth-order valence-electron chi connectivity index (χ4n) is 3.34. The van der Waals surface area contributed by atoms with Crippen LogP contribution in [0.25, 0.3) is 0 Å². The molecule has 0 spiro atoms. The van der Waals surface area contributed by atoms with Gasteiger partial charge in [0.15, 0.2) is 6.29 Å². The van der Waals surface area contributed by atoms with E-state index in [4.69, 9.17) is 31.4 Å². The van der Waals surface area contributed by atoms with Gasteiger partial charge < -0.3 is 41.8 Å². The first-order chi connectivity index (χ1) is 10.5. The van der Waals surface area contributed by atoms with E-state index >= 15 is 0 Å². The second-order valence-corrected chi connectivity index (χ2v) is 6.18. The minimum Gasteiger partial charge on any atom is -0.389 e. The maximum atomic E-state index is 10.6. The molecule has 1 aliphatic heterocycles. The van der Waals surface area contributed by atoms with E-state index in [0.717, 1.165) is 12.8 Å². The van der Waals surface area contributed by atoms with Gasteiger partial charge in [0, 0.05) is 19.7 Å². The minimum absolute atomic E-state index is 0.0615. The van der Waals surface area contributed by atoms with Crippen molar-refractivity contribution in [3.05, 3.63) is 0 Å². The fraction of sp³-hybridized carbons (Fsp3) is 1.00. The predicted octanol–water partition coefficient (Wildman–Crippen LogP) is -2.14. The lowest BCUT2D eigenvalue weighted by molar-refractivity contribution is -0.249. The van der Waals surface area contributed by atoms with Crippen LogP contribution in [-0.4, -0.2) is 74.6 Å². The van der Waals surface area contributed by atoms with Crippen molar-refractivity contribution in [1.82, 2.24) is 5.32 Å². The van der Waals surface area contributed by atoms with Crippen LogP contribution in [0.3, 0.4) is 0 Å². The molecule has 22 heavy (non-hydrogen) atoms. The van der Waals surface area contributed by atoms with E-state index in [1.165, 1.54) is 0 Å². The summed E-state index contributed by atoms with van der Waals surface area (Å²) in [5.74, 6) is 0. The van der Waals surface area contributed by atoms with E-state index in [9.17, 15) is 5.11 Å². The molecule has 0 bridgehead atoms. The smallest absolute Gasteiger partial charge is 0.173 e. The molecule has 0 unspecified atom stereocenters. The average molecular weight is 318 g/mol. The van der Waals surface area contributed by atoms with Crippen molar-refractivity contribution in [2.45, 2.75) is 68.1 Å². The molecule has 130 valence electrons. The standard InChI is InChI=1S/C14H30N4O4/c1-18-11-10(20-2)5-9(17)13(12(11)19)22-14-8(16)4-3-7(6-15)21-14/h7-14,18-19H,3-6,15-17H2,1-2H3/t7-,8+,9-,10+,11-,12+,13+,14+/m0/s1. The van der Waals surface area contributed by atoms with Crippen LogP contribution in [0, 0.1) is 0 Å². The summed E-state index contributed by atoms with van der Waals surface area (Å²) in [5.41, 5.74) is 17.9. The van der Waals surface area contributed by atoms with Crippen molar-refractivity contribution in [3.8, 4) is 0 Å². The molecule has 8 atom stereocenters. The van der Waals surface area contributed by atoms with Gasteiger partial charge in [0.2, 0.25) is 0 Å². The number of hydrogen-bond donors (Lipinski definition) is 5. The van der Waals surface area contributed by atoms with Gasteiger partial charge >= 0.3 is 0 Å². The minimum atomic E-state index is -0.798. The monoisotopic (exact) mass is 318 g/mol. The van der Waals surface area contributed by atoms with Gasteiger partial charge in [-0.05, 0) is 26.3 Å². The Kier molecular flexibility index (Phi) is 6.54. The average Bonchev–Trinajstić information content (AvgIpc) is 2.52. The number of hydrogen-bond acceptors (Lipinski definition) is 8. The Bertz CT molecular complexity index is 349. The van der Waals surface area contributed by atoms with Crippen molar-refractivity contribution in [2.24, 2.45) is 17.2 Å². The zero-order chi connectivity index (χ0) is 16.3. The highest BCUT2D eigenvalue weighted by Gasteiger charge is 2.45. The molecule has 8 heteroatoms. The zero-order valence-corrected chi connectivity index (χ0v) is 13.4. The summed E-state index contributed by atoms with van der Waals surface area (Å²) in [4.78, 5) is 0. The maximum absolute atomic E-state index is 10.6. The summed E-state index contributed by atoms with van der Waals surface area (Å²) >= 11 is 0. The van der Waals surface area contributed by atoms with Crippen molar-refractivity contribution in [1.29, 1.82) is 0 Å². The van der Waals surface area contributed by atoms with Gasteiger partial charge in [0.05, 0.1) is 30.4 Å². The van der Waals surface area contributed by atoms with Gasteiger partial charge in [-0.25, -0.2) is 0 Å². The second kappa shape index (κ2) is 7.98. The van der Waals surface area contributed by atoms with E-state index < -0.39 is 18.5 Å². The molecule has 0 aromatic rings. The number of ether oxygens (including phenoxy) is 3. The maximum Gasteiger partial charge on any atom is 0.173 e. The van der Waals surface area contributed by atoms with Crippen LogP contribution in [0.4, 0.5) is 0 Å². The molecule has 1 aliphatic carbocycles. The van der Waals surface area contributed by atoms with Gasteiger partial charge in [0.1, 0.15) is 6.10 Å². The lowest BCUT2D eigenvalue weighted by Gasteiger charge is -2.45. The van der Waals surface area contributed by atoms with Crippen molar-refractivity contribution >= 4 is 0 Å². The van der Waals surface area contributed by atoms with Gasteiger partial charge in [-0.1, -0.05) is 0 Å². The fourth-order valence-corrected chi connectivity index (χ4v) is 3.34. The summed E-state index contributed by atoms with van der Waals surface area (Å²) in [7, 11) is 3.39. The van der Waals surface area contributed by atoms with Crippen LogP contribution in [0.2, 0.25) is 0 Å². The number of likely N-dealkylation sites (N-methyl/N-ethyl adjacent to an activating group) is 1. The van der Waals surface area contributed by atoms with Crippen LogP contribution < -0.4 is 22.5 Å². The number of rotatable bonds is 5. The summed E-state index contributed by atoms with van der Waals surface area (Å²) in [5, 5.41) is 13.6. The molecule has 1 heterocycles. The molecule has 2 fully saturated rings. The van der Waals surface area contributed by atoms with Crippen molar-refractivity contribution < 1.29 is 19.3 Å². The molecule has 2 rings (SSSR count). The van der Waals surface area contributed by atoms with Crippen LogP contribution in [-0.2, 0) is 14.2 Å². The van der Waals surface area contributed by atoms with Gasteiger partial charge in [-0.15, -0.1) is 0 Å². The lowest BCUT2D eigenvalue weighted by atomic mass is 9.84. The van der Waals surface area contributed by atoms with Crippen LogP contribution in [0.5, 0.6) is 0 Å². The third kappa shape index (κ3) is 3.77. The Balaban J connectivity index is 2.03. The molecule has 1 saturated heterocycles. The Hall–Kier alpha value is -0.320. The largest absolute Gasteiger partial charge is 0.389 e. The Labute approximate surface area is 131 Å². The number of methoxy groups -OCH3 is 1. The first kappa shape index (κ1) is 18.0. The van der Waals surface area contributed by atoms with Crippen molar-refractivity contribution in [3.63, 3.8) is 0 Å². The van der Waals surface area contributed by atoms with Crippen molar-refractivity contribution in [2.75, 3.05) is 20.7 Å². The number of nitrogens with one attached hydrogen (secondary N) is 1. The molecule has 0 aromatic heterocycles. The molecule has 0 aromatic carbocycles. The van der Waals surface area contributed by atoms with Gasteiger partial charge in [-0.2, -0.15) is 0 Å². The summed E-state index contributed by atoms with van der Waals surface area (Å²) in [6.45, 7) is 0.427. The van der Waals surface area contributed by atoms with E-state index in [2.05, 4.69) is 5.32 Å². The molecule has 0 radical (unpaired) electrons.